The third kappa shape index (κ3) is 7.52. The van der Waals surface area contributed by atoms with Crippen molar-refractivity contribution in [2.75, 3.05) is 20.8 Å². The van der Waals surface area contributed by atoms with E-state index in [9.17, 15) is 14.4 Å². The Morgan fingerprint density at radius 2 is 1.67 bits per heavy atom. The number of nitrogens with one attached hydrogen (secondary N) is 1. The van der Waals surface area contributed by atoms with Gasteiger partial charge in [-0.05, 0) is 44.4 Å². The molecule has 2 amide bonds. The van der Waals surface area contributed by atoms with Crippen molar-refractivity contribution in [3.05, 3.63) is 48.5 Å². The van der Waals surface area contributed by atoms with E-state index in [1.165, 1.54) is 12.0 Å². The number of carbonyl (C=O) groups excluding carboxylic acids is 3. The minimum atomic E-state index is -0.984. The van der Waals surface area contributed by atoms with Gasteiger partial charge in [0.2, 0.25) is 11.8 Å². The van der Waals surface area contributed by atoms with Gasteiger partial charge in [-0.15, -0.1) is 0 Å². The summed E-state index contributed by atoms with van der Waals surface area (Å²) < 4.78 is 22.3. The number of rotatable bonds is 7. The van der Waals surface area contributed by atoms with Crippen LogP contribution in [0.2, 0.25) is 0 Å². The number of fused-ring (bicyclic) bond motifs is 1. The van der Waals surface area contributed by atoms with Crippen LogP contribution in [-0.4, -0.2) is 77.4 Å². The van der Waals surface area contributed by atoms with Crippen LogP contribution >= 0.6 is 0 Å². The molecule has 1 N–H and O–H groups in total. The number of hydrogen-bond donors (Lipinski definition) is 1. The fraction of sp³-hybridized carbons (Fsp3) is 0.469. The van der Waals surface area contributed by atoms with Crippen molar-refractivity contribution in [1.29, 1.82) is 0 Å². The standard InChI is InChI=1S/C32H40N4O7/c1-31(2,3)25(34-30(39)43-32(4,5)6)28(37)36-18-21(17-24(36)29(38)41-8)42-27-22-16-20(40-7)14-15-23(22)33-26(35-27)19-12-10-9-11-13-19/h9-16,21,24-25H,17-18H2,1-8H3,(H,34,39). The Morgan fingerprint density at radius 1 is 0.977 bits per heavy atom. The van der Waals surface area contributed by atoms with Crippen LogP contribution in [0.5, 0.6) is 11.6 Å². The minimum Gasteiger partial charge on any atom is -0.497 e. The molecule has 1 aromatic heterocycles. The van der Waals surface area contributed by atoms with Crippen LogP contribution in [0.25, 0.3) is 22.3 Å². The van der Waals surface area contributed by atoms with Gasteiger partial charge < -0.3 is 29.2 Å². The molecule has 1 aliphatic heterocycles. The van der Waals surface area contributed by atoms with Crippen molar-refractivity contribution in [1.82, 2.24) is 20.2 Å². The zero-order valence-electron chi connectivity index (χ0n) is 26.0. The zero-order chi connectivity index (χ0) is 31.5. The third-order valence-electron chi connectivity index (χ3n) is 6.97. The summed E-state index contributed by atoms with van der Waals surface area (Å²) in [5, 5.41) is 3.34. The lowest BCUT2D eigenvalue weighted by molar-refractivity contribution is -0.152. The lowest BCUT2D eigenvalue weighted by atomic mass is 9.85. The van der Waals surface area contributed by atoms with Gasteiger partial charge in [0, 0.05) is 12.0 Å². The molecule has 0 spiro atoms. The fourth-order valence-electron chi connectivity index (χ4n) is 4.90. The fourth-order valence-corrected chi connectivity index (χ4v) is 4.90. The predicted octanol–water partition coefficient (Wildman–Crippen LogP) is 4.77. The molecule has 11 heteroatoms. The van der Waals surface area contributed by atoms with E-state index in [0.29, 0.717) is 28.4 Å². The van der Waals surface area contributed by atoms with Crippen LogP contribution < -0.4 is 14.8 Å². The Bertz CT molecular complexity index is 1480. The molecule has 11 nitrogen and oxygen atoms in total. The molecule has 3 aromatic rings. The summed E-state index contributed by atoms with van der Waals surface area (Å²) in [6.07, 6.45) is -1.17. The first-order valence-corrected chi connectivity index (χ1v) is 14.2. The lowest BCUT2D eigenvalue weighted by Crippen LogP contribution is -2.57. The number of methoxy groups -OCH3 is 2. The minimum absolute atomic E-state index is 0.0668. The summed E-state index contributed by atoms with van der Waals surface area (Å²) in [7, 11) is 2.84. The van der Waals surface area contributed by atoms with E-state index in [-0.39, 0.29) is 13.0 Å². The maximum atomic E-state index is 14.0. The normalized spacial score (nSPS) is 17.7. The molecule has 43 heavy (non-hydrogen) atoms. The number of aromatic nitrogens is 2. The van der Waals surface area contributed by atoms with Crippen LogP contribution in [-0.2, 0) is 19.1 Å². The molecule has 2 heterocycles. The Hall–Kier alpha value is -4.41. The molecule has 230 valence electrons. The maximum absolute atomic E-state index is 14.0. The van der Waals surface area contributed by atoms with Crippen molar-refractivity contribution in [2.45, 2.75) is 71.8 Å². The molecule has 3 atom stereocenters. The molecule has 0 radical (unpaired) electrons. The molecule has 1 saturated heterocycles. The van der Waals surface area contributed by atoms with Crippen molar-refractivity contribution >= 4 is 28.9 Å². The summed E-state index contributed by atoms with van der Waals surface area (Å²) in [4.78, 5) is 50.5. The number of nitrogens with zero attached hydrogens (tertiary/aromatic N) is 3. The molecule has 1 aliphatic rings. The molecule has 0 bridgehead atoms. The van der Waals surface area contributed by atoms with Gasteiger partial charge >= 0.3 is 12.1 Å². The Kier molecular flexibility index (Phi) is 9.12. The quantitative estimate of drug-likeness (QED) is 0.386. The number of ether oxygens (including phenoxy) is 4. The smallest absolute Gasteiger partial charge is 0.408 e. The predicted molar refractivity (Wildman–Crippen MR) is 161 cm³/mol. The van der Waals surface area contributed by atoms with Gasteiger partial charge in [-0.2, -0.15) is 4.98 Å². The zero-order valence-corrected chi connectivity index (χ0v) is 26.0. The van der Waals surface area contributed by atoms with E-state index in [1.54, 1.807) is 40.0 Å². The van der Waals surface area contributed by atoms with Gasteiger partial charge in [-0.1, -0.05) is 51.1 Å². The van der Waals surface area contributed by atoms with E-state index in [4.69, 9.17) is 28.9 Å². The second kappa shape index (κ2) is 12.4. The molecular weight excluding hydrogens is 552 g/mol. The first-order chi connectivity index (χ1) is 20.2. The van der Waals surface area contributed by atoms with Crippen LogP contribution in [0.1, 0.15) is 48.0 Å². The van der Waals surface area contributed by atoms with Crippen LogP contribution in [0, 0.1) is 5.41 Å². The second-order valence-corrected chi connectivity index (χ2v) is 12.6. The number of alkyl carbamates (subject to hydrolysis) is 1. The molecular formula is C32H40N4O7. The lowest BCUT2D eigenvalue weighted by Gasteiger charge is -2.35. The summed E-state index contributed by atoms with van der Waals surface area (Å²) in [5.41, 5.74) is 0.00650. The van der Waals surface area contributed by atoms with E-state index >= 15 is 0 Å². The SMILES string of the molecule is COC(=O)C1CC(Oc2nc(-c3ccccc3)nc3ccc(OC)cc23)CN1C(=O)C(NC(=O)OC(C)(C)C)C(C)(C)C. The van der Waals surface area contributed by atoms with Gasteiger partial charge in [-0.3, -0.25) is 4.79 Å². The topological polar surface area (TPSA) is 129 Å². The van der Waals surface area contributed by atoms with Gasteiger partial charge in [-0.25, -0.2) is 14.6 Å². The number of esters is 1. The van der Waals surface area contributed by atoms with E-state index in [0.717, 1.165) is 5.56 Å². The second-order valence-electron chi connectivity index (χ2n) is 12.6. The Morgan fingerprint density at radius 3 is 2.28 bits per heavy atom. The molecule has 2 aromatic carbocycles. The Labute approximate surface area is 251 Å². The van der Waals surface area contributed by atoms with Gasteiger partial charge in [0.15, 0.2) is 5.82 Å². The molecule has 3 unspecified atom stereocenters. The highest BCUT2D eigenvalue weighted by Gasteiger charge is 2.46. The summed E-state index contributed by atoms with van der Waals surface area (Å²) in [6.45, 7) is 10.8. The third-order valence-corrected chi connectivity index (χ3v) is 6.97. The number of hydrogen-bond acceptors (Lipinski definition) is 9. The number of benzene rings is 2. The average Bonchev–Trinajstić information content (AvgIpc) is 3.37. The molecule has 4 rings (SSSR count). The van der Waals surface area contributed by atoms with Gasteiger partial charge in [0.05, 0.1) is 31.7 Å². The van der Waals surface area contributed by atoms with Crippen molar-refractivity contribution in [3.8, 4) is 23.0 Å². The first-order valence-electron chi connectivity index (χ1n) is 14.2. The van der Waals surface area contributed by atoms with Gasteiger partial charge in [0.1, 0.15) is 29.5 Å². The average molecular weight is 593 g/mol. The molecule has 1 fully saturated rings. The van der Waals surface area contributed by atoms with E-state index in [1.807, 2.05) is 57.2 Å². The first kappa shape index (κ1) is 31.5. The summed E-state index contributed by atoms with van der Waals surface area (Å²) in [5.74, 6) is 0.343. The van der Waals surface area contributed by atoms with Gasteiger partial charge in [0.25, 0.3) is 0 Å². The number of carbonyl (C=O) groups is 3. The van der Waals surface area contributed by atoms with Crippen LogP contribution in [0.3, 0.4) is 0 Å². The van der Waals surface area contributed by atoms with Crippen LogP contribution in [0.4, 0.5) is 4.79 Å². The monoisotopic (exact) mass is 592 g/mol. The largest absolute Gasteiger partial charge is 0.497 e. The number of amides is 2. The summed E-state index contributed by atoms with van der Waals surface area (Å²) >= 11 is 0. The van der Waals surface area contributed by atoms with Crippen molar-refractivity contribution in [2.24, 2.45) is 5.41 Å². The molecule has 0 saturated carbocycles. The Balaban J connectivity index is 1.67. The highest BCUT2D eigenvalue weighted by Crippen LogP contribution is 2.33. The number of likely N-dealkylation sites (tertiary alicyclic amines) is 1. The van der Waals surface area contributed by atoms with Crippen LogP contribution in [0.15, 0.2) is 48.5 Å². The summed E-state index contributed by atoms with van der Waals surface area (Å²) in [6, 6.07) is 13.0. The van der Waals surface area contributed by atoms with E-state index < -0.39 is 47.2 Å². The molecule has 0 aliphatic carbocycles. The van der Waals surface area contributed by atoms with Crippen molar-refractivity contribution < 1.29 is 33.3 Å². The highest BCUT2D eigenvalue weighted by molar-refractivity contribution is 5.91. The maximum Gasteiger partial charge on any atom is 0.408 e. The highest BCUT2D eigenvalue weighted by atomic mass is 16.6. The van der Waals surface area contributed by atoms with Crippen molar-refractivity contribution in [3.63, 3.8) is 0 Å². The van der Waals surface area contributed by atoms with E-state index in [2.05, 4.69) is 5.32 Å².